The van der Waals surface area contributed by atoms with Gasteiger partial charge in [0.25, 0.3) is 0 Å². The van der Waals surface area contributed by atoms with E-state index in [0.717, 1.165) is 0 Å². The molecule has 7 heavy (non-hydrogen) atoms. The average molecular weight is 122 g/mol. The van der Waals surface area contributed by atoms with Crippen molar-refractivity contribution in [2.24, 2.45) is 0 Å². The molecule has 3 nitrogen and oxygen atoms in total. The second-order valence-corrected chi connectivity index (χ2v) is 3.16. The van der Waals surface area contributed by atoms with E-state index in [1.54, 1.807) is 6.92 Å². The van der Waals surface area contributed by atoms with Crippen molar-refractivity contribution in [3.05, 3.63) is 0 Å². The molecule has 0 aliphatic rings. The fourth-order valence-electron chi connectivity index (χ4n) is 0.129. The third-order valence-electron chi connectivity index (χ3n) is 0.643. The van der Waals surface area contributed by atoms with E-state index in [2.05, 4.69) is 4.72 Å². The summed E-state index contributed by atoms with van der Waals surface area (Å²) in [6.45, 7) is 1.56. The number of nitrogens with zero attached hydrogens (tertiary/aromatic N) is 1. The Hall–Kier alpha value is -0.0900. The molecular weight excluding hydrogens is 114 g/mol. The second kappa shape index (κ2) is 2.28. The molecule has 0 rings (SSSR count). The standard InChI is InChI=1S/C3H8NO2S/c1-3-7(5,6)4-2/h3H2,1-2H3. The highest BCUT2D eigenvalue weighted by Crippen LogP contribution is 1.78. The van der Waals surface area contributed by atoms with Gasteiger partial charge in [0, 0.05) is 7.05 Å². The quantitative estimate of drug-likeness (QED) is 0.499. The minimum atomic E-state index is -3.03. The van der Waals surface area contributed by atoms with E-state index in [9.17, 15) is 8.42 Å². The van der Waals surface area contributed by atoms with Crippen molar-refractivity contribution in [2.45, 2.75) is 6.92 Å². The van der Waals surface area contributed by atoms with Gasteiger partial charge in [-0.3, -0.25) is 0 Å². The van der Waals surface area contributed by atoms with Crippen LogP contribution >= 0.6 is 0 Å². The largest absolute Gasteiger partial charge is 0.227 e. The summed E-state index contributed by atoms with van der Waals surface area (Å²) in [6.07, 6.45) is 0. The first kappa shape index (κ1) is 6.91. The van der Waals surface area contributed by atoms with Gasteiger partial charge in [-0.1, -0.05) is 0 Å². The summed E-state index contributed by atoms with van der Waals surface area (Å²) in [6, 6.07) is 0. The van der Waals surface area contributed by atoms with Crippen molar-refractivity contribution in [3.8, 4) is 0 Å². The lowest BCUT2D eigenvalue weighted by Crippen LogP contribution is -2.12. The molecule has 0 N–H and O–H groups in total. The molecule has 0 fully saturated rings. The maximum Gasteiger partial charge on any atom is 0.227 e. The Morgan fingerprint density at radius 3 is 2.00 bits per heavy atom. The van der Waals surface area contributed by atoms with Crippen LogP contribution in [0.1, 0.15) is 6.92 Å². The van der Waals surface area contributed by atoms with Crippen molar-refractivity contribution in [3.63, 3.8) is 0 Å². The fraction of sp³-hybridized carbons (Fsp3) is 1.00. The van der Waals surface area contributed by atoms with E-state index in [0.29, 0.717) is 0 Å². The Labute approximate surface area is 43.8 Å². The zero-order valence-corrected chi connectivity index (χ0v) is 5.20. The van der Waals surface area contributed by atoms with Crippen molar-refractivity contribution in [1.29, 1.82) is 0 Å². The summed E-state index contributed by atoms with van der Waals surface area (Å²) >= 11 is 0. The first-order valence-electron chi connectivity index (χ1n) is 1.96. The van der Waals surface area contributed by atoms with Gasteiger partial charge in [0.2, 0.25) is 10.0 Å². The summed E-state index contributed by atoms with van der Waals surface area (Å²) in [5, 5.41) is 0. The van der Waals surface area contributed by atoms with Crippen LogP contribution in [0.5, 0.6) is 0 Å². The van der Waals surface area contributed by atoms with Crippen LogP contribution in [0.3, 0.4) is 0 Å². The summed E-state index contributed by atoms with van der Waals surface area (Å²) in [4.78, 5) is 0. The molecule has 0 saturated heterocycles. The highest BCUT2D eigenvalue weighted by atomic mass is 32.2. The first-order valence-corrected chi connectivity index (χ1v) is 3.57. The van der Waals surface area contributed by atoms with Gasteiger partial charge < -0.3 is 0 Å². The van der Waals surface area contributed by atoms with Gasteiger partial charge in [-0.15, -0.1) is 4.72 Å². The minimum absolute atomic E-state index is 0.101. The van der Waals surface area contributed by atoms with Gasteiger partial charge in [-0.05, 0) is 6.92 Å². The molecular formula is C3H8NO2S. The van der Waals surface area contributed by atoms with Gasteiger partial charge in [-0.2, -0.15) is 0 Å². The molecule has 1 radical (unpaired) electrons. The number of hydrogen-bond donors (Lipinski definition) is 0. The Morgan fingerprint density at radius 2 is 2.00 bits per heavy atom. The van der Waals surface area contributed by atoms with Gasteiger partial charge in [-0.25, -0.2) is 8.42 Å². The van der Waals surface area contributed by atoms with Crippen molar-refractivity contribution in [1.82, 2.24) is 4.72 Å². The zero-order chi connectivity index (χ0) is 5.91. The number of rotatable bonds is 2. The summed E-state index contributed by atoms with van der Waals surface area (Å²) in [5.41, 5.74) is 0. The van der Waals surface area contributed by atoms with E-state index >= 15 is 0 Å². The molecule has 0 atom stereocenters. The molecule has 0 aromatic heterocycles. The topological polar surface area (TPSA) is 48.2 Å². The van der Waals surface area contributed by atoms with Crippen molar-refractivity contribution in [2.75, 3.05) is 12.8 Å². The molecule has 0 amide bonds. The molecule has 0 spiro atoms. The Kier molecular flexibility index (Phi) is 2.25. The third kappa shape index (κ3) is 2.59. The van der Waals surface area contributed by atoms with Crippen LogP contribution < -0.4 is 4.72 Å². The lowest BCUT2D eigenvalue weighted by atomic mass is 11.0. The Morgan fingerprint density at radius 1 is 1.57 bits per heavy atom. The molecule has 0 aromatic carbocycles. The van der Waals surface area contributed by atoms with Crippen LogP contribution in [-0.2, 0) is 10.0 Å². The predicted molar refractivity (Wildman–Crippen MR) is 27.5 cm³/mol. The maximum atomic E-state index is 10.2. The molecule has 43 valence electrons. The Bertz CT molecular complexity index is 116. The van der Waals surface area contributed by atoms with Crippen LogP contribution in [-0.4, -0.2) is 21.2 Å². The van der Waals surface area contributed by atoms with Crippen LogP contribution in [0.15, 0.2) is 0 Å². The predicted octanol–water partition coefficient (Wildman–Crippen LogP) is -0.430. The van der Waals surface area contributed by atoms with E-state index < -0.39 is 10.0 Å². The van der Waals surface area contributed by atoms with E-state index in [1.807, 2.05) is 0 Å². The molecule has 0 aliphatic heterocycles. The molecule has 0 aromatic rings. The van der Waals surface area contributed by atoms with Crippen LogP contribution in [0.25, 0.3) is 0 Å². The van der Waals surface area contributed by atoms with Crippen LogP contribution in [0.2, 0.25) is 0 Å². The van der Waals surface area contributed by atoms with E-state index in [1.165, 1.54) is 7.05 Å². The second-order valence-electron chi connectivity index (χ2n) is 1.05. The third-order valence-corrected chi connectivity index (χ3v) is 1.93. The van der Waals surface area contributed by atoms with Gasteiger partial charge >= 0.3 is 0 Å². The average Bonchev–Trinajstić information content (AvgIpc) is 1.68. The number of sulfonamides is 1. The molecule has 0 aliphatic carbocycles. The minimum Gasteiger partial charge on any atom is -0.211 e. The van der Waals surface area contributed by atoms with Crippen molar-refractivity contribution < 1.29 is 8.42 Å². The highest BCUT2D eigenvalue weighted by molar-refractivity contribution is 7.89. The van der Waals surface area contributed by atoms with Crippen LogP contribution in [0.4, 0.5) is 0 Å². The molecule has 4 heteroatoms. The van der Waals surface area contributed by atoms with Gasteiger partial charge in [0.1, 0.15) is 0 Å². The van der Waals surface area contributed by atoms with Gasteiger partial charge in [0.05, 0.1) is 5.75 Å². The monoisotopic (exact) mass is 122 g/mol. The first-order chi connectivity index (χ1) is 3.12. The molecule has 0 saturated carbocycles. The Balaban J connectivity index is 3.89. The van der Waals surface area contributed by atoms with E-state index in [4.69, 9.17) is 0 Å². The smallest absolute Gasteiger partial charge is 0.211 e. The summed E-state index contributed by atoms with van der Waals surface area (Å²) in [7, 11) is -1.76. The van der Waals surface area contributed by atoms with Gasteiger partial charge in [0.15, 0.2) is 0 Å². The highest BCUT2D eigenvalue weighted by Gasteiger charge is 2.00. The maximum absolute atomic E-state index is 10.2. The van der Waals surface area contributed by atoms with Crippen molar-refractivity contribution >= 4 is 10.0 Å². The van der Waals surface area contributed by atoms with E-state index in [-0.39, 0.29) is 5.75 Å². The zero-order valence-electron chi connectivity index (χ0n) is 4.38. The molecule has 0 unspecified atom stereocenters. The SMILES string of the molecule is CCS(=O)(=O)[N]C. The fourth-order valence-corrected chi connectivity index (χ4v) is 0.387. The lowest BCUT2D eigenvalue weighted by molar-refractivity contribution is 0.588. The molecule has 0 heterocycles. The number of hydrogen-bond acceptors (Lipinski definition) is 2. The summed E-state index contributed by atoms with van der Waals surface area (Å²) in [5.74, 6) is 0.101. The van der Waals surface area contributed by atoms with Crippen LogP contribution in [0, 0.1) is 0 Å². The lowest BCUT2D eigenvalue weighted by Gasteiger charge is -1.89. The normalized spacial score (nSPS) is 11.7. The molecule has 0 bridgehead atoms. The summed E-state index contributed by atoms with van der Waals surface area (Å²) < 4.78 is 23.5.